The number of phenolic OH excluding ortho intramolecular Hbond substituents is 1. The van der Waals surface area contributed by atoms with Gasteiger partial charge >= 0.3 is 0 Å². The number of carbonyl (C=O) groups excluding carboxylic acids is 2. The van der Waals surface area contributed by atoms with Crippen LogP contribution < -0.4 is 10.6 Å². The van der Waals surface area contributed by atoms with Gasteiger partial charge in [0, 0.05) is 12.6 Å². The molecule has 1 aromatic carbocycles. The van der Waals surface area contributed by atoms with Crippen molar-refractivity contribution in [2.75, 3.05) is 13.1 Å². The summed E-state index contributed by atoms with van der Waals surface area (Å²) in [6, 6.07) is 3.18. The minimum atomic E-state index is -0.835. The van der Waals surface area contributed by atoms with Crippen LogP contribution in [0.5, 0.6) is 5.75 Å². The number of hydrogen-bond donors (Lipinski definition) is 3. The molecule has 0 aliphatic rings. The molecule has 0 bridgehead atoms. The van der Waals surface area contributed by atoms with Crippen LogP contribution in [0.4, 0.5) is 4.39 Å². The van der Waals surface area contributed by atoms with E-state index in [0.29, 0.717) is 6.54 Å². The Kier molecular flexibility index (Phi) is 4.45. The Hall–Kier alpha value is -2.11. The zero-order valence-corrected chi connectivity index (χ0v) is 9.29. The number of rotatable bonds is 4. The fourth-order valence-electron chi connectivity index (χ4n) is 1.20. The van der Waals surface area contributed by atoms with E-state index in [2.05, 4.69) is 10.6 Å². The zero-order chi connectivity index (χ0) is 12.8. The van der Waals surface area contributed by atoms with Crippen molar-refractivity contribution in [2.45, 2.75) is 6.92 Å². The van der Waals surface area contributed by atoms with E-state index in [1.165, 1.54) is 6.07 Å². The van der Waals surface area contributed by atoms with Crippen molar-refractivity contribution in [1.82, 2.24) is 10.6 Å². The summed E-state index contributed by atoms with van der Waals surface area (Å²) in [6.07, 6.45) is 0. The number of nitrogens with one attached hydrogen (secondary N) is 2. The van der Waals surface area contributed by atoms with Crippen LogP contribution in [0.25, 0.3) is 0 Å². The lowest BCUT2D eigenvalue weighted by Gasteiger charge is -2.06. The number of halogens is 1. The molecule has 0 radical (unpaired) electrons. The number of hydrogen-bond acceptors (Lipinski definition) is 3. The topological polar surface area (TPSA) is 78.4 Å². The third-order valence-electron chi connectivity index (χ3n) is 1.98. The number of benzene rings is 1. The van der Waals surface area contributed by atoms with Gasteiger partial charge in [0.15, 0.2) is 0 Å². The molecule has 0 heterocycles. The maximum atomic E-state index is 13.3. The van der Waals surface area contributed by atoms with Crippen LogP contribution >= 0.6 is 0 Å². The van der Waals surface area contributed by atoms with E-state index in [4.69, 9.17) is 5.11 Å². The van der Waals surface area contributed by atoms with Gasteiger partial charge in [-0.25, -0.2) is 4.39 Å². The highest BCUT2D eigenvalue weighted by atomic mass is 19.1. The second-order valence-corrected chi connectivity index (χ2v) is 3.30. The van der Waals surface area contributed by atoms with Crippen LogP contribution in [0, 0.1) is 5.82 Å². The van der Waals surface area contributed by atoms with Gasteiger partial charge in [0.05, 0.1) is 12.1 Å². The maximum Gasteiger partial charge on any atom is 0.254 e. The van der Waals surface area contributed by atoms with Crippen LogP contribution in [-0.4, -0.2) is 30.0 Å². The predicted octanol–water partition coefficient (Wildman–Crippen LogP) is 0.397. The van der Waals surface area contributed by atoms with Crippen molar-refractivity contribution in [2.24, 2.45) is 0 Å². The summed E-state index contributed by atoms with van der Waals surface area (Å²) in [4.78, 5) is 22.5. The van der Waals surface area contributed by atoms with Crippen molar-refractivity contribution in [1.29, 1.82) is 0 Å². The van der Waals surface area contributed by atoms with Gasteiger partial charge in [0.2, 0.25) is 5.91 Å². The first-order chi connectivity index (χ1) is 8.04. The van der Waals surface area contributed by atoms with Crippen LogP contribution in [0.1, 0.15) is 17.3 Å². The van der Waals surface area contributed by atoms with Crippen molar-refractivity contribution in [3.8, 4) is 5.75 Å². The molecule has 92 valence electrons. The first-order valence-corrected chi connectivity index (χ1v) is 5.08. The number of aromatic hydroxyl groups is 1. The lowest BCUT2D eigenvalue weighted by Crippen LogP contribution is -2.37. The van der Waals surface area contributed by atoms with Crippen LogP contribution in [0.3, 0.4) is 0 Å². The summed E-state index contributed by atoms with van der Waals surface area (Å²) in [6.45, 7) is 1.99. The molecule has 0 saturated carbocycles. The van der Waals surface area contributed by atoms with Gasteiger partial charge in [0.1, 0.15) is 11.6 Å². The summed E-state index contributed by atoms with van der Waals surface area (Å²) >= 11 is 0. The molecule has 0 aliphatic heterocycles. The summed E-state index contributed by atoms with van der Waals surface area (Å²) in [5, 5.41) is 13.7. The standard InChI is InChI=1S/C11H13FN2O3/c1-2-13-10(16)6-14-11(17)8-4-3-7(15)5-9(8)12/h3-5,15H,2,6H2,1H3,(H,13,16)(H,14,17). The molecule has 3 N–H and O–H groups in total. The van der Waals surface area contributed by atoms with Gasteiger partial charge < -0.3 is 15.7 Å². The van der Waals surface area contributed by atoms with Crippen molar-refractivity contribution < 1.29 is 19.1 Å². The third kappa shape index (κ3) is 3.75. The number of phenols is 1. The Labute approximate surface area is 97.6 Å². The molecule has 0 aromatic heterocycles. The maximum absolute atomic E-state index is 13.3. The van der Waals surface area contributed by atoms with Gasteiger partial charge in [0.25, 0.3) is 5.91 Å². The lowest BCUT2D eigenvalue weighted by molar-refractivity contribution is -0.120. The Morgan fingerprint density at radius 2 is 2.06 bits per heavy atom. The van der Waals surface area contributed by atoms with E-state index in [-0.39, 0.29) is 23.8 Å². The quantitative estimate of drug-likeness (QED) is 0.712. The molecule has 0 unspecified atom stereocenters. The van der Waals surface area contributed by atoms with Crippen molar-refractivity contribution in [3.05, 3.63) is 29.6 Å². The molecule has 17 heavy (non-hydrogen) atoms. The number of likely N-dealkylation sites (N-methyl/N-ethyl adjacent to an activating group) is 1. The van der Waals surface area contributed by atoms with Crippen LogP contribution in [0.2, 0.25) is 0 Å². The summed E-state index contributed by atoms with van der Waals surface area (Å²) in [7, 11) is 0. The van der Waals surface area contributed by atoms with Crippen LogP contribution in [0.15, 0.2) is 18.2 Å². The van der Waals surface area contributed by atoms with E-state index in [1.807, 2.05) is 0 Å². The smallest absolute Gasteiger partial charge is 0.254 e. The number of carbonyl (C=O) groups is 2. The fraction of sp³-hybridized carbons (Fsp3) is 0.273. The Balaban J connectivity index is 2.61. The highest BCUT2D eigenvalue weighted by Crippen LogP contribution is 2.14. The second-order valence-electron chi connectivity index (χ2n) is 3.30. The minimum Gasteiger partial charge on any atom is -0.508 e. The molecule has 0 atom stereocenters. The normalized spacial score (nSPS) is 9.76. The predicted molar refractivity (Wildman–Crippen MR) is 59.1 cm³/mol. The largest absolute Gasteiger partial charge is 0.508 e. The Morgan fingerprint density at radius 1 is 1.35 bits per heavy atom. The van der Waals surface area contributed by atoms with E-state index in [1.54, 1.807) is 6.92 Å². The van der Waals surface area contributed by atoms with Gasteiger partial charge in [-0.3, -0.25) is 9.59 Å². The molecular formula is C11H13FN2O3. The third-order valence-corrected chi connectivity index (χ3v) is 1.98. The highest BCUT2D eigenvalue weighted by molar-refractivity contribution is 5.96. The molecule has 0 saturated heterocycles. The summed E-state index contributed by atoms with van der Waals surface area (Å²) in [5.41, 5.74) is -0.216. The molecule has 0 spiro atoms. The van der Waals surface area contributed by atoms with Crippen molar-refractivity contribution in [3.63, 3.8) is 0 Å². The van der Waals surface area contributed by atoms with E-state index < -0.39 is 11.7 Å². The molecular weight excluding hydrogens is 227 g/mol. The number of amides is 2. The summed E-state index contributed by atoms with van der Waals surface area (Å²) < 4.78 is 13.3. The minimum absolute atomic E-state index is 0.215. The van der Waals surface area contributed by atoms with Crippen LogP contribution in [-0.2, 0) is 4.79 Å². The monoisotopic (exact) mass is 240 g/mol. The van der Waals surface area contributed by atoms with E-state index >= 15 is 0 Å². The van der Waals surface area contributed by atoms with Crippen molar-refractivity contribution >= 4 is 11.8 Å². The molecule has 5 nitrogen and oxygen atoms in total. The molecule has 6 heteroatoms. The SMILES string of the molecule is CCNC(=O)CNC(=O)c1ccc(O)cc1F. The summed E-state index contributed by atoms with van der Waals surface area (Å²) in [5.74, 6) is -2.14. The Bertz CT molecular complexity index is 435. The van der Waals surface area contributed by atoms with Gasteiger partial charge in [-0.2, -0.15) is 0 Å². The Morgan fingerprint density at radius 3 is 2.65 bits per heavy atom. The van der Waals surface area contributed by atoms with Gasteiger partial charge in [-0.05, 0) is 19.1 Å². The molecule has 1 rings (SSSR count). The average molecular weight is 240 g/mol. The first-order valence-electron chi connectivity index (χ1n) is 5.08. The zero-order valence-electron chi connectivity index (χ0n) is 9.29. The second kappa shape index (κ2) is 5.83. The van der Waals surface area contributed by atoms with Gasteiger partial charge in [-0.15, -0.1) is 0 Å². The molecule has 2 amide bonds. The average Bonchev–Trinajstić information content (AvgIpc) is 2.26. The first kappa shape index (κ1) is 13.0. The fourth-order valence-corrected chi connectivity index (χ4v) is 1.20. The molecule has 0 fully saturated rings. The molecule has 1 aromatic rings. The van der Waals surface area contributed by atoms with Gasteiger partial charge in [-0.1, -0.05) is 0 Å². The van der Waals surface area contributed by atoms with E-state index in [9.17, 15) is 14.0 Å². The lowest BCUT2D eigenvalue weighted by atomic mass is 10.2. The van der Waals surface area contributed by atoms with E-state index in [0.717, 1.165) is 12.1 Å². The highest BCUT2D eigenvalue weighted by Gasteiger charge is 2.12. The molecule has 0 aliphatic carbocycles.